The fourth-order valence-corrected chi connectivity index (χ4v) is 3.38. The number of hydrogen-bond acceptors (Lipinski definition) is 4. The van der Waals surface area contributed by atoms with Gasteiger partial charge in [0.15, 0.2) is 0 Å². The largest absolute Gasteiger partial charge is 0.388 e. The number of carbonyl (C=O) groups is 3. The smallest absolute Gasteiger partial charge is 0.255 e. The Kier molecular flexibility index (Phi) is 7.44. The first kappa shape index (κ1) is 22.8. The van der Waals surface area contributed by atoms with Crippen LogP contribution in [0.15, 0.2) is 60.7 Å². The van der Waals surface area contributed by atoms with E-state index in [1.165, 1.54) is 6.07 Å². The standard InChI is InChI=1S/C25H24FN3O3/c26-19-12-13-21(20(15-19)24(31)22(30)8-2-1-3-9-23(27)28)29-25(32)18-11-10-16-6-4-5-7-17(16)14-18/h4-7,10-15H,1-3,8-9H2,(H3,27,28)(H,29,32). The van der Waals surface area contributed by atoms with Crippen LogP contribution in [0, 0.1) is 11.2 Å². The first-order chi connectivity index (χ1) is 15.3. The highest BCUT2D eigenvalue weighted by Gasteiger charge is 2.21. The van der Waals surface area contributed by atoms with Gasteiger partial charge < -0.3 is 11.1 Å². The number of hydrogen-bond donors (Lipinski definition) is 3. The zero-order valence-corrected chi connectivity index (χ0v) is 17.5. The van der Waals surface area contributed by atoms with Crippen molar-refractivity contribution in [2.45, 2.75) is 32.1 Å². The summed E-state index contributed by atoms with van der Waals surface area (Å²) in [4.78, 5) is 37.8. The molecule has 0 aliphatic carbocycles. The van der Waals surface area contributed by atoms with Gasteiger partial charge in [-0.15, -0.1) is 0 Å². The molecule has 6 nitrogen and oxygen atoms in total. The zero-order valence-electron chi connectivity index (χ0n) is 17.5. The van der Waals surface area contributed by atoms with Gasteiger partial charge in [-0.25, -0.2) is 4.39 Å². The molecule has 32 heavy (non-hydrogen) atoms. The zero-order chi connectivity index (χ0) is 23.1. The van der Waals surface area contributed by atoms with Crippen molar-refractivity contribution in [3.05, 3.63) is 77.6 Å². The van der Waals surface area contributed by atoms with Crippen LogP contribution >= 0.6 is 0 Å². The second-order valence-corrected chi connectivity index (χ2v) is 7.54. The van der Waals surface area contributed by atoms with Crippen molar-refractivity contribution in [3.63, 3.8) is 0 Å². The lowest BCUT2D eigenvalue weighted by molar-refractivity contribution is -0.115. The molecule has 3 aromatic rings. The quantitative estimate of drug-likeness (QED) is 0.139. The van der Waals surface area contributed by atoms with Crippen LogP contribution in [-0.2, 0) is 4.79 Å². The number of fused-ring (bicyclic) bond motifs is 1. The maximum Gasteiger partial charge on any atom is 0.255 e. The van der Waals surface area contributed by atoms with E-state index in [9.17, 15) is 18.8 Å². The molecule has 0 unspecified atom stereocenters. The summed E-state index contributed by atoms with van der Waals surface area (Å²) in [5.74, 6) is -2.55. The van der Waals surface area contributed by atoms with Crippen molar-refractivity contribution in [2.75, 3.05) is 5.32 Å². The summed E-state index contributed by atoms with van der Waals surface area (Å²) in [5.41, 5.74) is 5.58. The summed E-state index contributed by atoms with van der Waals surface area (Å²) in [5, 5.41) is 11.7. The van der Waals surface area contributed by atoms with Crippen LogP contribution in [0.1, 0.15) is 52.8 Å². The minimum atomic E-state index is -0.843. The van der Waals surface area contributed by atoms with Gasteiger partial charge in [0.1, 0.15) is 5.82 Å². The monoisotopic (exact) mass is 433 g/mol. The van der Waals surface area contributed by atoms with Crippen molar-refractivity contribution in [1.29, 1.82) is 5.41 Å². The average molecular weight is 433 g/mol. The number of amides is 1. The molecule has 0 aliphatic rings. The maximum atomic E-state index is 13.8. The summed E-state index contributed by atoms with van der Waals surface area (Å²) < 4.78 is 13.8. The minimum Gasteiger partial charge on any atom is -0.388 e. The third kappa shape index (κ3) is 5.85. The molecule has 4 N–H and O–H groups in total. The first-order valence-electron chi connectivity index (χ1n) is 10.4. The van der Waals surface area contributed by atoms with E-state index in [0.29, 0.717) is 31.2 Å². The van der Waals surface area contributed by atoms with Gasteiger partial charge in [0.2, 0.25) is 11.6 Å². The Bertz CT molecular complexity index is 1190. The highest BCUT2D eigenvalue weighted by molar-refractivity contribution is 6.45. The van der Waals surface area contributed by atoms with Crippen LogP contribution in [0.2, 0.25) is 0 Å². The van der Waals surface area contributed by atoms with E-state index in [1.807, 2.05) is 30.3 Å². The summed E-state index contributed by atoms with van der Waals surface area (Å²) in [6.07, 6.45) is 2.21. The molecule has 0 fully saturated rings. The van der Waals surface area contributed by atoms with Gasteiger partial charge in [-0.2, -0.15) is 0 Å². The van der Waals surface area contributed by atoms with Crippen LogP contribution in [0.4, 0.5) is 10.1 Å². The predicted molar refractivity (Wildman–Crippen MR) is 123 cm³/mol. The molecule has 0 aliphatic heterocycles. The minimum absolute atomic E-state index is 0.00527. The fraction of sp³-hybridized carbons (Fsp3) is 0.200. The molecule has 0 heterocycles. The van der Waals surface area contributed by atoms with Crippen LogP contribution in [0.3, 0.4) is 0 Å². The number of benzene rings is 3. The Morgan fingerprint density at radius 2 is 1.59 bits per heavy atom. The van der Waals surface area contributed by atoms with E-state index in [1.54, 1.807) is 12.1 Å². The number of Topliss-reactive ketones (excluding diaryl/α,β-unsaturated/α-hetero) is 2. The number of unbranched alkanes of at least 4 members (excludes halogenated alkanes) is 2. The molecule has 3 rings (SSSR count). The molecule has 0 spiro atoms. The first-order valence-corrected chi connectivity index (χ1v) is 10.4. The summed E-state index contributed by atoms with van der Waals surface area (Å²) in [6, 6.07) is 16.2. The number of rotatable bonds is 10. The van der Waals surface area contributed by atoms with Gasteiger partial charge >= 0.3 is 0 Å². The van der Waals surface area contributed by atoms with Crippen molar-refractivity contribution < 1.29 is 18.8 Å². The van der Waals surface area contributed by atoms with Crippen LogP contribution in [0.5, 0.6) is 0 Å². The van der Waals surface area contributed by atoms with Crippen molar-refractivity contribution in [2.24, 2.45) is 5.73 Å². The molecule has 0 aromatic heterocycles. The van der Waals surface area contributed by atoms with Gasteiger partial charge in [0.05, 0.1) is 17.1 Å². The second kappa shape index (κ2) is 10.4. The van der Waals surface area contributed by atoms with Gasteiger partial charge in [0.25, 0.3) is 5.91 Å². The molecule has 164 valence electrons. The van der Waals surface area contributed by atoms with E-state index in [2.05, 4.69) is 5.32 Å². The number of amidine groups is 1. The normalized spacial score (nSPS) is 10.7. The molecule has 0 saturated heterocycles. The Hall–Kier alpha value is -3.87. The molecule has 0 saturated carbocycles. The van der Waals surface area contributed by atoms with Crippen molar-refractivity contribution in [1.82, 2.24) is 0 Å². The lowest BCUT2D eigenvalue weighted by Gasteiger charge is -2.11. The fourth-order valence-electron chi connectivity index (χ4n) is 3.38. The molecule has 3 aromatic carbocycles. The van der Waals surface area contributed by atoms with E-state index in [0.717, 1.165) is 22.9 Å². The molecule has 0 atom stereocenters. The Morgan fingerprint density at radius 3 is 2.34 bits per heavy atom. The highest BCUT2D eigenvalue weighted by atomic mass is 19.1. The molecule has 1 amide bonds. The van der Waals surface area contributed by atoms with Gasteiger partial charge in [-0.05, 0) is 53.9 Å². The third-order valence-corrected chi connectivity index (χ3v) is 5.09. The Morgan fingerprint density at radius 1 is 0.875 bits per heavy atom. The lowest BCUT2D eigenvalue weighted by Crippen LogP contribution is -2.19. The number of anilines is 1. The lowest BCUT2D eigenvalue weighted by atomic mass is 10.00. The van der Waals surface area contributed by atoms with Gasteiger partial charge in [0, 0.05) is 18.4 Å². The van der Waals surface area contributed by atoms with E-state index in [4.69, 9.17) is 11.1 Å². The Balaban J connectivity index is 1.72. The van der Waals surface area contributed by atoms with Gasteiger partial charge in [-0.1, -0.05) is 36.8 Å². The van der Waals surface area contributed by atoms with Crippen molar-refractivity contribution >= 4 is 39.8 Å². The van der Waals surface area contributed by atoms with Crippen molar-refractivity contribution in [3.8, 4) is 0 Å². The topological polar surface area (TPSA) is 113 Å². The van der Waals surface area contributed by atoms with Crippen LogP contribution in [-0.4, -0.2) is 23.3 Å². The predicted octanol–water partition coefficient (Wildman–Crippen LogP) is 4.87. The molecule has 0 radical (unpaired) electrons. The molecular formula is C25H24FN3O3. The number of ketones is 2. The number of nitrogens with two attached hydrogens (primary N) is 1. The summed E-state index contributed by atoms with van der Waals surface area (Å²) >= 11 is 0. The van der Waals surface area contributed by atoms with Crippen LogP contribution in [0.25, 0.3) is 10.8 Å². The second-order valence-electron chi connectivity index (χ2n) is 7.54. The maximum absolute atomic E-state index is 13.8. The molecular weight excluding hydrogens is 409 g/mol. The SMILES string of the molecule is N=C(N)CCCCCC(=O)C(=O)c1cc(F)ccc1NC(=O)c1ccc2ccccc2c1. The average Bonchev–Trinajstić information content (AvgIpc) is 2.78. The molecule has 0 bridgehead atoms. The van der Waals surface area contributed by atoms with E-state index < -0.39 is 23.3 Å². The summed E-state index contributed by atoms with van der Waals surface area (Å²) in [7, 11) is 0. The van der Waals surface area contributed by atoms with E-state index >= 15 is 0 Å². The molecule has 7 heteroatoms. The van der Waals surface area contributed by atoms with Gasteiger partial charge in [-0.3, -0.25) is 19.8 Å². The number of nitrogens with one attached hydrogen (secondary N) is 2. The number of halogens is 1. The van der Waals surface area contributed by atoms with E-state index in [-0.39, 0.29) is 23.5 Å². The third-order valence-electron chi connectivity index (χ3n) is 5.09. The Labute approximate surface area is 185 Å². The highest BCUT2D eigenvalue weighted by Crippen LogP contribution is 2.22. The summed E-state index contributed by atoms with van der Waals surface area (Å²) in [6.45, 7) is 0. The van der Waals surface area contributed by atoms with Crippen LogP contribution < -0.4 is 11.1 Å². The number of carbonyl (C=O) groups excluding carboxylic acids is 3.